The molecule has 3 aromatic rings. The van der Waals surface area contributed by atoms with Gasteiger partial charge in [-0.3, -0.25) is 0 Å². The van der Waals surface area contributed by atoms with E-state index < -0.39 is 0 Å². The molecule has 1 aliphatic rings. The number of hydrogen-bond donors (Lipinski definition) is 1. The van der Waals surface area contributed by atoms with Crippen LogP contribution in [0.3, 0.4) is 0 Å². The van der Waals surface area contributed by atoms with E-state index in [1.165, 1.54) is 67.1 Å². The lowest BCUT2D eigenvalue weighted by Crippen LogP contribution is -2.27. The number of halogens is 2. The monoisotopic (exact) mass is 384 g/mol. The van der Waals surface area contributed by atoms with Crippen molar-refractivity contribution >= 4 is 22.5 Å². The van der Waals surface area contributed by atoms with Crippen LogP contribution < -0.4 is 5.32 Å². The van der Waals surface area contributed by atoms with Crippen molar-refractivity contribution in [3.63, 3.8) is 0 Å². The molecule has 0 amide bonds. The van der Waals surface area contributed by atoms with E-state index in [1.807, 2.05) is 0 Å². The van der Waals surface area contributed by atoms with Crippen LogP contribution in [0.5, 0.6) is 0 Å². The lowest BCUT2D eigenvalue weighted by atomic mass is 10.1. The zero-order valence-corrected chi connectivity index (χ0v) is 16.3. The summed E-state index contributed by atoms with van der Waals surface area (Å²) in [5, 5.41) is 5.53. The first kappa shape index (κ1) is 18.5. The van der Waals surface area contributed by atoms with E-state index in [4.69, 9.17) is 11.6 Å². The molecule has 0 radical (unpaired) electrons. The molecule has 0 atom stereocenters. The van der Waals surface area contributed by atoms with Crippen LogP contribution >= 0.6 is 11.6 Å². The molecule has 0 bridgehead atoms. The van der Waals surface area contributed by atoms with Crippen molar-refractivity contribution in [3.8, 4) is 0 Å². The van der Waals surface area contributed by atoms with Crippen LogP contribution in [0, 0.1) is 5.82 Å². The van der Waals surface area contributed by atoms with Gasteiger partial charge in [-0.15, -0.1) is 0 Å². The Morgan fingerprint density at radius 1 is 1.00 bits per heavy atom. The maximum Gasteiger partial charge on any atom is 0.124 e. The average molecular weight is 385 g/mol. The first-order valence-corrected chi connectivity index (χ1v) is 10.3. The van der Waals surface area contributed by atoms with Crippen LogP contribution in [0.15, 0.2) is 48.7 Å². The number of rotatable bonds is 5. The molecular weight excluding hydrogens is 359 g/mol. The van der Waals surface area contributed by atoms with Crippen molar-refractivity contribution in [2.45, 2.75) is 57.7 Å². The minimum atomic E-state index is -0.297. The molecular formula is C23H26ClFN2. The van der Waals surface area contributed by atoms with Crippen molar-refractivity contribution in [1.82, 2.24) is 9.88 Å². The molecule has 1 saturated carbocycles. The highest BCUT2D eigenvalue weighted by molar-refractivity contribution is 6.31. The summed E-state index contributed by atoms with van der Waals surface area (Å²) >= 11 is 6.25. The van der Waals surface area contributed by atoms with Gasteiger partial charge in [-0.05, 0) is 42.2 Å². The van der Waals surface area contributed by atoms with Gasteiger partial charge in [0, 0.05) is 41.3 Å². The summed E-state index contributed by atoms with van der Waals surface area (Å²) < 4.78 is 15.6. The normalized spacial score (nSPS) is 15.9. The number of aromatic nitrogens is 1. The van der Waals surface area contributed by atoms with Crippen LogP contribution in [-0.2, 0) is 13.1 Å². The van der Waals surface area contributed by atoms with Gasteiger partial charge in [0.15, 0.2) is 0 Å². The van der Waals surface area contributed by atoms with E-state index in [9.17, 15) is 4.39 Å². The summed E-state index contributed by atoms with van der Waals surface area (Å²) in [5.74, 6) is -0.297. The average Bonchev–Trinajstić information content (AvgIpc) is 2.83. The SMILES string of the molecule is Fc1ccc(Cn2cc(CNC3CCCCCC3)c3ccccc32)c(Cl)c1. The van der Waals surface area contributed by atoms with Crippen LogP contribution in [0.1, 0.15) is 49.7 Å². The molecule has 2 nitrogen and oxygen atoms in total. The maximum absolute atomic E-state index is 13.3. The zero-order chi connectivity index (χ0) is 18.6. The molecule has 142 valence electrons. The second-order valence-electron chi connectivity index (χ2n) is 7.60. The summed E-state index contributed by atoms with van der Waals surface area (Å²) in [6.45, 7) is 1.53. The quantitative estimate of drug-likeness (QED) is 0.511. The third kappa shape index (κ3) is 4.36. The van der Waals surface area contributed by atoms with Gasteiger partial charge in [-0.1, -0.05) is 61.5 Å². The van der Waals surface area contributed by atoms with E-state index in [0.717, 1.165) is 12.1 Å². The summed E-state index contributed by atoms with van der Waals surface area (Å²) in [6, 6.07) is 13.7. The summed E-state index contributed by atoms with van der Waals surface area (Å²) in [6.07, 6.45) is 10.2. The van der Waals surface area contributed by atoms with E-state index in [0.29, 0.717) is 17.6 Å². The van der Waals surface area contributed by atoms with Gasteiger partial charge in [0.25, 0.3) is 0 Å². The number of nitrogens with one attached hydrogen (secondary N) is 1. The number of benzene rings is 2. The Kier molecular flexibility index (Phi) is 5.80. The Bertz CT molecular complexity index is 910. The summed E-state index contributed by atoms with van der Waals surface area (Å²) in [5.41, 5.74) is 3.44. The molecule has 0 unspecified atom stereocenters. The van der Waals surface area contributed by atoms with Crippen LogP contribution in [0.2, 0.25) is 5.02 Å². The first-order chi connectivity index (χ1) is 13.2. The van der Waals surface area contributed by atoms with Crippen LogP contribution in [-0.4, -0.2) is 10.6 Å². The molecule has 0 aliphatic heterocycles. The fourth-order valence-electron chi connectivity index (χ4n) is 4.17. The summed E-state index contributed by atoms with van der Waals surface area (Å²) in [7, 11) is 0. The highest BCUT2D eigenvalue weighted by atomic mass is 35.5. The molecule has 0 spiro atoms. The summed E-state index contributed by atoms with van der Waals surface area (Å²) in [4.78, 5) is 0. The lowest BCUT2D eigenvalue weighted by molar-refractivity contribution is 0.459. The number of nitrogens with zero attached hydrogens (tertiary/aromatic N) is 1. The van der Waals surface area contributed by atoms with Gasteiger partial charge in [0.1, 0.15) is 5.82 Å². The Labute approximate surface area is 165 Å². The molecule has 1 N–H and O–H groups in total. The largest absolute Gasteiger partial charge is 0.343 e. The van der Waals surface area contributed by atoms with Crippen LogP contribution in [0.4, 0.5) is 4.39 Å². The van der Waals surface area contributed by atoms with Crippen molar-refractivity contribution in [2.24, 2.45) is 0 Å². The molecule has 4 heteroatoms. The van der Waals surface area contributed by atoms with Gasteiger partial charge in [0.05, 0.1) is 0 Å². The van der Waals surface area contributed by atoms with Gasteiger partial charge in [-0.2, -0.15) is 0 Å². The number of hydrogen-bond acceptors (Lipinski definition) is 1. The lowest BCUT2D eigenvalue weighted by Gasteiger charge is -2.15. The Balaban J connectivity index is 1.56. The molecule has 1 aromatic heterocycles. The minimum Gasteiger partial charge on any atom is -0.343 e. The molecule has 4 rings (SSSR count). The fourth-order valence-corrected chi connectivity index (χ4v) is 4.39. The second kappa shape index (κ2) is 8.45. The molecule has 1 fully saturated rings. The van der Waals surface area contributed by atoms with E-state index in [2.05, 4.69) is 40.3 Å². The standard InChI is InChI=1S/C23H26ClFN2/c24-22-13-19(25)12-11-17(22)15-27-16-18(21-9-5-6-10-23(21)27)14-26-20-7-3-1-2-4-8-20/h5-6,9-13,16,20,26H,1-4,7-8,14-15H2. The molecule has 2 aromatic carbocycles. The van der Waals surface area contributed by atoms with E-state index in [-0.39, 0.29) is 5.82 Å². The van der Waals surface area contributed by atoms with Gasteiger partial charge in [0.2, 0.25) is 0 Å². The smallest absolute Gasteiger partial charge is 0.124 e. The van der Waals surface area contributed by atoms with Gasteiger partial charge >= 0.3 is 0 Å². The van der Waals surface area contributed by atoms with Crippen molar-refractivity contribution < 1.29 is 4.39 Å². The van der Waals surface area contributed by atoms with Crippen molar-refractivity contribution in [1.29, 1.82) is 0 Å². The Hall–Kier alpha value is -1.84. The minimum absolute atomic E-state index is 0.297. The zero-order valence-electron chi connectivity index (χ0n) is 15.6. The predicted molar refractivity (Wildman–Crippen MR) is 111 cm³/mol. The van der Waals surface area contributed by atoms with E-state index in [1.54, 1.807) is 6.07 Å². The highest BCUT2D eigenvalue weighted by Crippen LogP contribution is 2.26. The highest BCUT2D eigenvalue weighted by Gasteiger charge is 2.14. The molecule has 1 aliphatic carbocycles. The first-order valence-electron chi connectivity index (χ1n) is 9.95. The van der Waals surface area contributed by atoms with Crippen molar-refractivity contribution in [2.75, 3.05) is 0 Å². The number of fused-ring (bicyclic) bond motifs is 1. The molecule has 1 heterocycles. The second-order valence-corrected chi connectivity index (χ2v) is 8.01. The topological polar surface area (TPSA) is 17.0 Å². The Morgan fingerprint density at radius 3 is 2.56 bits per heavy atom. The maximum atomic E-state index is 13.3. The predicted octanol–water partition coefficient (Wildman–Crippen LogP) is 6.29. The third-order valence-electron chi connectivity index (χ3n) is 5.66. The van der Waals surface area contributed by atoms with Crippen molar-refractivity contribution in [3.05, 3.63) is 70.6 Å². The molecule has 27 heavy (non-hydrogen) atoms. The van der Waals surface area contributed by atoms with Crippen LogP contribution in [0.25, 0.3) is 10.9 Å². The Morgan fingerprint density at radius 2 is 1.78 bits per heavy atom. The number of para-hydroxylation sites is 1. The van der Waals surface area contributed by atoms with E-state index >= 15 is 0 Å². The van der Waals surface area contributed by atoms with Gasteiger partial charge < -0.3 is 9.88 Å². The fraction of sp³-hybridized carbons (Fsp3) is 0.391. The third-order valence-corrected chi connectivity index (χ3v) is 6.02. The van der Waals surface area contributed by atoms with Gasteiger partial charge in [-0.25, -0.2) is 4.39 Å². The molecule has 0 saturated heterocycles.